The van der Waals surface area contributed by atoms with E-state index >= 15 is 0 Å². The highest BCUT2D eigenvalue weighted by atomic mass is 16.6. The Kier molecular flexibility index (Phi) is 10.2. The van der Waals surface area contributed by atoms with Gasteiger partial charge in [-0.2, -0.15) is 0 Å². The molecule has 0 unspecified atom stereocenters. The molecular formula is C37H46N4O4. The molecule has 3 aromatic rings. The summed E-state index contributed by atoms with van der Waals surface area (Å²) < 4.78 is 5.71. The van der Waals surface area contributed by atoms with Gasteiger partial charge in [0.05, 0.1) is 0 Å². The molecule has 45 heavy (non-hydrogen) atoms. The van der Waals surface area contributed by atoms with E-state index < -0.39 is 23.3 Å². The van der Waals surface area contributed by atoms with Crippen LogP contribution in [0, 0.1) is 0 Å². The molecule has 1 atom stereocenters. The lowest BCUT2D eigenvalue weighted by Gasteiger charge is -2.48. The number of hydrogen-bond acceptors (Lipinski definition) is 5. The summed E-state index contributed by atoms with van der Waals surface area (Å²) in [4.78, 5) is 48.2. The van der Waals surface area contributed by atoms with Gasteiger partial charge in [-0.25, -0.2) is 4.79 Å². The molecule has 2 saturated heterocycles. The largest absolute Gasteiger partial charge is 0.444 e. The smallest absolute Gasteiger partial charge is 0.410 e. The summed E-state index contributed by atoms with van der Waals surface area (Å²) in [5.41, 5.74) is 1.39. The molecule has 2 fully saturated rings. The van der Waals surface area contributed by atoms with Gasteiger partial charge < -0.3 is 15.0 Å². The molecular weight excluding hydrogens is 564 g/mol. The first-order valence-electron chi connectivity index (χ1n) is 16.1. The Labute approximate surface area is 267 Å². The zero-order valence-corrected chi connectivity index (χ0v) is 26.8. The van der Waals surface area contributed by atoms with Crippen LogP contribution >= 0.6 is 0 Å². The van der Waals surface area contributed by atoms with Crippen molar-refractivity contribution in [3.8, 4) is 0 Å². The number of rotatable bonds is 9. The molecule has 0 aliphatic carbocycles. The van der Waals surface area contributed by atoms with Gasteiger partial charge in [0.2, 0.25) is 11.8 Å². The third-order valence-corrected chi connectivity index (χ3v) is 8.78. The van der Waals surface area contributed by atoms with Crippen LogP contribution < -0.4 is 5.32 Å². The van der Waals surface area contributed by atoms with E-state index in [0.717, 1.165) is 17.7 Å². The Balaban J connectivity index is 1.47. The lowest BCUT2D eigenvalue weighted by molar-refractivity contribution is -0.155. The summed E-state index contributed by atoms with van der Waals surface area (Å²) in [6.45, 7) is 8.68. The summed E-state index contributed by atoms with van der Waals surface area (Å²) in [5.74, 6) is -0.356. The lowest BCUT2D eigenvalue weighted by atomic mass is 9.83. The van der Waals surface area contributed by atoms with Crippen molar-refractivity contribution in [1.82, 2.24) is 20.0 Å². The van der Waals surface area contributed by atoms with E-state index in [2.05, 4.69) is 22.3 Å². The van der Waals surface area contributed by atoms with Crippen LogP contribution in [0.2, 0.25) is 0 Å². The minimum absolute atomic E-state index is 0.156. The summed E-state index contributed by atoms with van der Waals surface area (Å²) in [6.07, 6.45) is 1.72. The molecule has 5 rings (SSSR count). The van der Waals surface area contributed by atoms with E-state index in [9.17, 15) is 14.4 Å². The number of nitrogens with zero attached hydrogens (tertiary/aromatic N) is 3. The molecule has 8 nitrogen and oxygen atoms in total. The van der Waals surface area contributed by atoms with Crippen LogP contribution in [0.25, 0.3) is 0 Å². The van der Waals surface area contributed by atoms with Crippen molar-refractivity contribution in [2.24, 2.45) is 0 Å². The second kappa shape index (κ2) is 14.3. The molecule has 0 spiro atoms. The predicted molar refractivity (Wildman–Crippen MR) is 175 cm³/mol. The van der Waals surface area contributed by atoms with Crippen molar-refractivity contribution in [3.63, 3.8) is 0 Å². The number of piperidine rings is 1. The fourth-order valence-corrected chi connectivity index (χ4v) is 6.43. The molecule has 8 heteroatoms. The summed E-state index contributed by atoms with van der Waals surface area (Å²) in [5, 5.41) is 3.19. The predicted octanol–water partition coefficient (Wildman–Crippen LogP) is 5.77. The Hall–Kier alpha value is -4.17. The second-order valence-electron chi connectivity index (χ2n) is 13.2. The average molecular weight is 611 g/mol. The fraction of sp³-hybridized carbons (Fsp3) is 0.432. The van der Waals surface area contributed by atoms with Gasteiger partial charge in [-0.3, -0.25) is 19.4 Å². The van der Waals surface area contributed by atoms with Crippen LogP contribution in [0.15, 0.2) is 91.0 Å². The molecule has 2 aliphatic rings. The van der Waals surface area contributed by atoms with E-state index in [1.165, 1.54) is 5.56 Å². The average Bonchev–Trinajstić information content (AvgIpc) is 3.54. The fourth-order valence-electron chi connectivity index (χ4n) is 6.43. The first-order valence-corrected chi connectivity index (χ1v) is 16.1. The monoisotopic (exact) mass is 610 g/mol. The van der Waals surface area contributed by atoms with Gasteiger partial charge in [0.1, 0.15) is 17.2 Å². The number of ether oxygens (including phenoxy) is 1. The van der Waals surface area contributed by atoms with Gasteiger partial charge in [0, 0.05) is 39.3 Å². The number of carbonyl (C=O) groups excluding carboxylic acids is 3. The normalized spacial score (nSPS) is 18.3. The van der Waals surface area contributed by atoms with E-state index in [-0.39, 0.29) is 18.4 Å². The van der Waals surface area contributed by atoms with Gasteiger partial charge >= 0.3 is 6.09 Å². The number of amides is 3. The molecule has 2 aliphatic heterocycles. The first kappa shape index (κ1) is 32.2. The van der Waals surface area contributed by atoms with Crippen molar-refractivity contribution < 1.29 is 19.1 Å². The molecule has 0 bridgehead atoms. The number of carbonyl (C=O) groups is 3. The highest BCUT2D eigenvalue weighted by molar-refractivity contribution is 5.94. The zero-order chi connectivity index (χ0) is 31.9. The molecule has 3 aromatic carbocycles. The van der Waals surface area contributed by atoms with Crippen LogP contribution in [0.4, 0.5) is 4.79 Å². The molecule has 0 aromatic heterocycles. The highest BCUT2D eigenvalue weighted by Crippen LogP contribution is 2.35. The first-order chi connectivity index (χ1) is 21.6. The minimum atomic E-state index is -1.09. The number of likely N-dealkylation sites (tertiary alicyclic amines) is 2. The van der Waals surface area contributed by atoms with Crippen LogP contribution in [0.5, 0.6) is 0 Å². The lowest BCUT2D eigenvalue weighted by Crippen LogP contribution is -2.66. The molecule has 1 N–H and O–H groups in total. The standard InChI is InChI=1S/C37H46N4O4/c1-36(2,3)45-35(44)40-23-13-20-32(40)33(42)41(28-31-18-11-6-12-19-31)37(34(43)38-26-29-14-7-4-8-15-29)21-24-39(25-22-37)27-30-16-9-5-10-17-30/h4-12,14-19,32H,13,20-28H2,1-3H3,(H,38,43)/t32-/m0/s1. The number of hydrogen-bond donors (Lipinski definition) is 1. The second-order valence-corrected chi connectivity index (χ2v) is 13.2. The molecule has 238 valence electrons. The van der Waals surface area contributed by atoms with Gasteiger partial charge in [0.25, 0.3) is 0 Å². The van der Waals surface area contributed by atoms with Crippen LogP contribution in [0.1, 0.15) is 63.1 Å². The van der Waals surface area contributed by atoms with Gasteiger partial charge in [-0.05, 0) is 63.1 Å². The van der Waals surface area contributed by atoms with Gasteiger partial charge in [-0.1, -0.05) is 91.0 Å². The maximum atomic E-state index is 14.8. The Morgan fingerprint density at radius 1 is 0.822 bits per heavy atom. The molecule has 0 radical (unpaired) electrons. The van der Waals surface area contributed by atoms with Crippen LogP contribution in [-0.4, -0.2) is 69.4 Å². The quantitative estimate of drug-likeness (QED) is 0.333. The van der Waals surface area contributed by atoms with Crippen molar-refractivity contribution in [3.05, 3.63) is 108 Å². The van der Waals surface area contributed by atoms with Crippen molar-refractivity contribution in [1.29, 1.82) is 0 Å². The summed E-state index contributed by atoms with van der Waals surface area (Å²) >= 11 is 0. The maximum Gasteiger partial charge on any atom is 0.410 e. The SMILES string of the molecule is CC(C)(C)OC(=O)N1CCC[C@H]1C(=O)N(Cc1ccccc1)C1(C(=O)NCc2ccccc2)CCN(Cc2ccccc2)CC1. The van der Waals surface area contributed by atoms with Crippen LogP contribution in [0.3, 0.4) is 0 Å². The van der Waals surface area contributed by atoms with Gasteiger partial charge in [-0.15, -0.1) is 0 Å². The van der Waals surface area contributed by atoms with Crippen LogP contribution in [-0.2, 0) is 34.0 Å². The van der Waals surface area contributed by atoms with E-state index in [4.69, 9.17) is 4.74 Å². The summed E-state index contributed by atoms with van der Waals surface area (Å²) in [7, 11) is 0. The maximum absolute atomic E-state index is 14.8. The number of nitrogens with one attached hydrogen (secondary N) is 1. The van der Waals surface area contributed by atoms with Crippen molar-refractivity contribution in [2.45, 2.75) is 83.3 Å². The van der Waals surface area contributed by atoms with Crippen molar-refractivity contribution >= 4 is 17.9 Å². The molecule has 2 heterocycles. The summed E-state index contributed by atoms with van der Waals surface area (Å²) in [6, 6.07) is 29.3. The molecule has 3 amide bonds. The van der Waals surface area contributed by atoms with E-state index in [0.29, 0.717) is 51.9 Å². The van der Waals surface area contributed by atoms with Crippen molar-refractivity contribution in [2.75, 3.05) is 19.6 Å². The number of benzene rings is 3. The van der Waals surface area contributed by atoms with Gasteiger partial charge in [0.15, 0.2) is 0 Å². The highest BCUT2D eigenvalue weighted by Gasteiger charge is 2.51. The minimum Gasteiger partial charge on any atom is -0.444 e. The van der Waals surface area contributed by atoms with E-state index in [1.54, 1.807) is 9.80 Å². The Bertz CT molecular complexity index is 1420. The van der Waals surface area contributed by atoms with E-state index in [1.807, 2.05) is 99.6 Å². The molecule has 0 saturated carbocycles. The third kappa shape index (κ3) is 8.11. The Morgan fingerprint density at radius 2 is 1.38 bits per heavy atom. The zero-order valence-electron chi connectivity index (χ0n) is 26.8. The third-order valence-electron chi connectivity index (χ3n) is 8.78. The Morgan fingerprint density at radius 3 is 1.96 bits per heavy atom. The topological polar surface area (TPSA) is 82.2 Å².